The van der Waals surface area contributed by atoms with Crippen LogP contribution in [0.3, 0.4) is 0 Å². The Labute approximate surface area is 180 Å². The SMILES string of the molecule is COc1ccc(C2(C(=O)N3CCOC(COc4ccc(C(C)=O)c(F)c4)C3)CC2)cc1. The number of methoxy groups -OCH3 is 1. The fraction of sp³-hybridized carbons (Fsp3) is 0.417. The molecule has 0 N–H and O–H groups in total. The minimum absolute atomic E-state index is 0.0336. The van der Waals surface area contributed by atoms with E-state index in [2.05, 4.69) is 0 Å². The molecule has 1 heterocycles. The molecule has 0 spiro atoms. The van der Waals surface area contributed by atoms with Gasteiger partial charge in [-0.15, -0.1) is 0 Å². The predicted molar refractivity (Wildman–Crippen MR) is 112 cm³/mol. The first-order valence-corrected chi connectivity index (χ1v) is 10.4. The molecule has 0 aromatic heterocycles. The molecule has 1 aliphatic heterocycles. The van der Waals surface area contributed by atoms with Crippen molar-refractivity contribution in [1.82, 2.24) is 4.90 Å². The first-order chi connectivity index (χ1) is 14.9. The number of Topliss-reactive ketones (excluding diaryl/α,β-unsaturated/α-hetero) is 1. The van der Waals surface area contributed by atoms with Crippen molar-refractivity contribution in [1.29, 1.82) is 0 Å². The van der Waals surface area contributed by atoms with E-state index >= 15 is 0 Å². The summed E-state index contributed by atoms with van der Waals surface area (Å²) >= 11 is 0. The normalized spacial score (nSPS) is 19.6. The molecule has 0 bridgehead atoms. The summed E-state index contributed by atoms with van der Waals surface area (Å²) < 4.78 is 30.6. The molecular weight excluding hydrogens is 401 g/mol. The largest absolute Gasteiger partial charge is 0.497 e. The zero-order chi connectivity index (χ0) is 22.0. The Balaban J connectivity index is 1.37. The molecule has 2 fully saturated rings. The van der Waals surface area contributed by atoms with Crippen LogP contribution in [-0.4, -0.2) is 56.1 Å². The molecule has 6 nitrogen and oxygen atoms in total. The van der Waals surface area contributed by atoms with Crippen LogP contribution in [0.15, 0.2) is 42.5 Å². The number of rotatable bonds is 7. The molecule has 4 rings (SSSR count). The smallest absolute Gasteiger partial charge is 0.233 e. The summed E-state index contributed by atoms with van der Waals surface area (Å²) in [5.41, 5.74) is 0.589. The number of ether oxygens (including phenoxy) is 3. The van der Waals surface area contributed by atoms with E-state index in [0.717, 1.165) is 24.2 Å². The van der Waals surface area contributed by atoms with Gasteiger partial charge in [-0.2, -0.15) is 0 Å². The number of benzene rings is 2. The van der Waals surface area contributed by atoms with Gasteiger partial charge in [-0.25, -0.2) is 4.39 Å². The van der Waals surface area contributed by atoms with E-state index in [1.165, 1.54) is 19.1 Å². The van der Waals surface area contributed by atoms with Gasteiger partial charge < -0.3 is 19.1 Å². The van der Waals surface area contributed by atoms with Crippen molar-refractivity contribution in [3.63, 3.8) is 0 Å². The Kier molecular flexibility index (Phi) is 5.96. The molecule has 1 saturated carbocycles. The number of hydrogen-bond acceptors (Lipinski definition) is 5. The second kappa shape index (κ2) is 8.67. The van der Waals surface area contributed by atoms with Crippen LogP contribution >= 0.6 is 0 Å². The molecule has 1 atom stereocenters. The first-order valence-electron chi connectivity index (χ1n) is 10.4. The minimum Gasteiger partial charge on any atom is -0.497 e. The molecule has 2 aromatic rings. The third-order valence-electron chi connectivity index (χ3n) is 5.98. The zero-order valence-corrected chi connectivity index (χ0v) is 17.7. The number of halogens is 1. The molecule has 1 aliphatic carbocycles. The third-order valence-corrected chi connectivity index (χ3v) is 5.98. The number of carbonyl (C=O) groups excluding carboxylic acids is 2. The van der Waals surface area contributed by atoms with Gasteiger partial charge in [-0.05, 0) is 49.6 Å². The van der Waals surface area contributed by atoms with Gasteiger partial charge in [-0.1, -0.05) is 12.1 Å². The monoisotopic (exact) mass is 427 g/mol. The molecular formula is C24H26FNO5. The summed E-state index contributed by atoms with van der Waals surface area (Å²) in [4.78, 5) is 26.5. The summed E-state index contributed by atoms with van der Waals surface area (Å²) in [7, 11) is 1.62. The summed E-state index contributed by atoms with van der Waals surface area (Å²) in [6, 6.07) is 11.9. The van der Waals surface area contributed by atoms with E-state index in [4.69, 9.17) is 14.2 Å². The predicted octanol–water partition coefficient (Wildman–Crippen LogP) is 3.37. The Morgan fingerprint density at radius 3 is 2.48 bits per heavy atom. The van der Waals surface area contributed by atoms with Gasteiger partial charge >= 0.3 is 0 Å². The van der Waals surface area contributed by atoms with Gasteiger partial charge in [-0.3, -0.25) is 9.59 Å². The number of ketones is 1. The Bertz CT molecular complexity index is 970. The van der Waals surface area contributed by atoms with Crippen molar-refractivity contribution < 1.29 is 28.2 Å². The van der Waals surface area contributed by atoms with E-state index in [9.17, 15) is 14.0 Å². The molecule has 2 aromatic carbocycles. The van der Waals surface area contributed by atoms with Gasteiger partial charge in [0, 0.05) is 12.6 Å². The van der Waals surface area contributed by atoms with Crippen molar-refractivity contribution >= 4 is 11.7 Å². The number of hydrogen-bond donors (Lipinski definition) is 0. The molecule has 0 radical (unpaired) electrons. The molecule has 7 heteroatoms. The number of amides is 1. The van der Waals surface area contributed by atoms with Crippen LogP contribution in [0.2, 0.25) is 0 Å². The highest BCUT2D eigenvalue weighted by molar-refractivity contribution is 5.94. The lowest BCUT2D eigenvalue weighted by molar-refractivity contribution is -0.142. The van der Waals surface area contributed by atoms with E-state index in [1.807, 2.05) is 29.2 Å². The highest BCUT2D eigenvalue weighted by atomic mass is 19.1. The van der Waals surface area contributed by atoms with Crippen LogP contribution in [0.5, 0.6) is 11.5 Å². The lowest BCUT2D eigenvalue weighted by Crippen LogP contribution is -2.50. The summed E-state index contributed by atoms with van der Waals surface area (Å²) in [5, 5.41) is 0. The van der Waals surface area contributed by atoms with Crippen molar-refractivity contribution in [2.75, 3.05) is 33.4 Å². The van der Waals surface area contributed by atoms with E-state index < -0.39 is 11.2 Å². The molecule has 1 unspecified atom stereocenters. The molecule has 164 valence electrons. The Morgan fingerprint density at radius 2 is 1.87 bits per heavy atom. The summed E-state index contributed by atoms with van der Waals surface area (Å²) in [6.45, 7) is 2.90. The van der Waals surface area contributed by atoms with E-state index in [0.29, 0.717) is 25.4 Å². The maximum atomic E-state index is 14.0. The van der Waals surface area contributed by atoms with Crippen molar-refractivity contribution in [3.05, 3.63) is 59.4 Å². The summed E-state index contributed by atoms with van der Waals surface area (Å²) in [6.07, 6.45) is 1.36. The topological polar surface area (TPSA) is 65.1 Å². The van der Waals surface area contributed by atoms with Crippen LogP contribution in [0.4, 0.5) is 4.39 Å². The molecule has 31 heavy (non-hydrogen) atoms. The Morgan fingerprint density at radius 1 is 1.16 bits per heavy atom. The lowest BCUT2D eigenvalue weighted by atomic mass is 9.94. The Hall–Kier alpha value is -2.93. The second-order valence-electron chi connectivity index (χ2n) is 8.06. The fourth-order valence-electron chi connectivity index (χ4n) is 4.03. The van der Waals surface area contributed by atoms with Gasteiger partial charge in [0.2, 0.25) is 5.91 Å². The maximum absolute atomic E-state index is 14.0. The van der Waals surface area contributed by atoms with Crippen LogP contribution in [0, 0.1) is 5.82 Å². The second-order valence-corrected chi connectivity index (χ2v) is 8.06. The lowest BCUT2D eigenvalue weighted by Gasteiger charge is -2.35. The van der Waals surface area contributed by atoms with Crippen LogP contribution in [-0.2, 0) is 14.9 Å². The minimum atomic E-state index is -0.610. The van der Waals surface area contributed by atoms with Crippen LogP contribution < -0.4 is 9.47 Å². The van der Waals surface area contributed by atoms with Gasteiger partial charge in [0.15, 0.2) is 5.78 Å². The summed E-state index contributed by atoms with van der Waals surface area (Å²) in [5.74, 6) is 0.263. The highest BCUT2D eigenvalue weighted by Gasteiger charge is 2.53. The van der Waals surface area contributed by atoms with Crippen molar-refractivity contribution in [2.24, 2.45) is 0 Å². The van der Waals surface area contributed by atoms with Gasteiger partial charge in [0.25, 0.3) is 0 Å². The average molecular weight is 427 g/mol. The zero-order valence-electron chi connectivity index (χ0n) is 17.7. The van der Waals surface area contributed by atoms with Gasteiger partial charge in [0.1, 0.15) is 30.0 Å². The standard InChI is InChI=1S/C24H26FNO5/c1-16(27)21-8-7-19(13-22(21)25)31-15-20-14-26(11-12-30-20)23(28)24(9-10-24)17-3-5-18(29-2)6-4-17/h3-8,13,20H,9-12,14-15H2,1-2H3. The maximum Gasteiger partial charge on any atom is 0.233 e. The van der Waals surface area contributed by atoms with E-state index in [1.54, 1.807) is 13.2 Å². The van der Waals surface area contributed by atoms with Crippen LogP contribution in [0.1, 0.15) is 35.7 Å². The highest BCUT2D eigenvalue weighted by Crippen LogP contribution is 2.50. The quantitative estimate of drug-likeness (QED) is 0.634. The van der Waals surface area contributed by atoms with Gasteiger partial charge in [0.05, 0.1) is 31.2 Å². The molecule has 1 saturated heterocycles. The molecule has 1 amide bonds. The number of carbonyl (C=O) groups is 2. The first kappa shape index (κ1) is 21.3. The van der Waals surface area contributed by atoms with Crippen molar-refractivity contribution in [2.45, 2.75) is 31.3 Å². The van der Waals surface area contributed by atoms with Crippen molar-refractivity contribution in [3.8, 4) is 11.5 Å². The third kappa shape index (κ3) is 4.42. The van der Waals surface area contributed by atoms with Crippen LogP contribution in [0.25, 0.3) is 0 Å². The number of morpholine rings is 1. The fourth-order valence-corrected chi connectivity index (χ4v) is 4.03. The van der Waals surface area contributed by atoms with E-state index in [-0.39, 0.29) is 30.0 Å². The molecule has 2 aliphatic rings. The average Bonchev–Trinajstić information content (AvgIpc) is 3.59. The number of nitrogens with zero attached hydrogens (tertiary/aromatic N) is 1.